The first-order chi connectivity index (χ1) is 8.77. The van der Waals surface area contributed by atoms with Gasteiger partial charge >= 0.3 is 0 Å². The van der Waals surface area contributed by atoms with Crippen molar-refractivity contribution in [3.8, 4) is 5.75 Å². The number of benzene rings is 1. The number of rotatable bonds is 9. The predicted molar refractivity (Wildman–Crippen MR) is 67.2 cm³/mol. The molecule has 0 amide bonds. The third-order valence-corrected chi connectivity index (χ3v) is 2.37. The molecule has 5 heteroatoms. The Morgan fingerprint density at radius 1 is 1.33 bits per heavy atom. The number of hydrogen-bond acceptors (Lipinski definition) is 4. The van der Waals surface area contributed by atoms with Gasteiger partial charge in [-0.05, 0) is 17.7 Å². The molecule has 0 fully saturated rings. The fourth-order valence-electron chi connectivity index (χ4n) is 1.42. The van der Waals surface area contributed by atoms with Crippen LogP contribution in [-0.4, -0.2) is 38.6 Å². The van der Waals surface area contributed by atoms with E-state index in [9.17, 15) is 4.39 Å². The highest BCUT2D eigenvalue weighted by atomic mass is 19.1. The van der Waals surface area contributed by atoms with Crippen LogP contribution in [0.4, 0.5) is 4.39 Å². The summed E-state index contributed by atoms with van der Waals surface area (Å²) in [5.41, 5.74) is 0.859. The van der Waals surface area contributed by atoms with E-state index in [4.69, 9.17) is 14.6 Å². The van der Waals surface area contributed by atoms with Gasteiger partial charge in [0.2, 0.25) is 0 Å². The molecule has 18 heavy (non-hydrogen) atoms. The summed E-state index contributed by atoms with van der Waals surface area (Å²) in [6.07, 6.45) is 0.500. The first-order valence-corrected chi connectivity index (χ1v) is 5.99. The van der Waals surface area contributed by atoms with Crippen LogP contribution in [0.2, 0.25) is 0 Å². The van der Waals surface area contributed by atoms with Crippen molar-refractivity contribution >= 4 is 0 Å². The van der Waals surface area contributed by atoms with E-state index in [1.165, 1.54) is 6.07 Å². The second-order valence-electron chi connectivity index (χ2n) is 3.86. The zero-order valence-corrected chi connectivity index (χ0v) is 10.6. The van der Waals surface area contributed by atoms with E-state index in [-0.39, 0.29) is 18.2 Å². The summed E-state index contributed by atoms with van der Waals surface area (Å²) in [6.45, 7) is 2.32. The summed E-state index contributed by atoms with van der Waals surface area (Å²) in [5, 5.41) is 11.7. The maximum atomic E-state index is 13.6. The van der Waals surface area contributed by atoms with Gasteiger partial charge in [0.05, 0.1) is 13.2 Å². The van der Waals surface area contributed by atoms with E-state index in [0.717, 1.165) is 12.1 Å². The van der Waals surface area contributed by atoms with Gasteiger partial charge in [-0.2, -0.15) is 0 Å². The van der Waals surface area contributed by atoms with Crippen LogP contribution < -0.4 is 10.1 Å². The van der Waals surface area contributed by atoms with Crippen molar-refractivity contribution in [1.82, 2.24) is 5.32 Å². The van der Waals surface area contributed by atoms with E-state index in [2.05, 4.69) is 5.32 Å². The molecule has 0 saturated heterocycles. The van der Waals surface area contributed by atoms with E-state index < -0.39 is 0 Å². The molecule has 2 N–H and O–H groups in total. The molecule has 0 heterocycles. The van der Waals surface area contributed by atoms with Gasteiger partial charge < -0.3 is 19.9 Å². The lowest BCUT2D eigenvalue weighted by Gasteiger charge is -2.09. The lowest BCUT2D eigenvalue weighted by molar-refractivity contribution is 0.199. The largest absolute Gasteiger partial charge is 0.490 e. The Kier molecular flexibility index (Phi) is 7.32. The van der Waals surface area contributed by atoms with Gasteiger partial charge in [0.25, 0.3) is 0 Å². The summed E-state index contributed by atoms with van der Waals surface area (Å²) in [6, 6.07) is 4.88. The molecule has 1 aromatic carbocycles. The van der Waals surface area contributed by atoms with Crippen LogP contribution in [0.25, 0.3) is 0 Å². The van der Waals surface area contributed by atoms with Crippen molar-refractivity contribution in [3.05, 3.63) is 29.6 Å². The van der Waals surface area contributed by atoms with Crippen molar-refractivity contribution in [2.24, 2.45) is 0 Å². The number of aliphatic hydroxyl groups is 1. The topological polar surface area (TPSA) is 50.7 Å². The zero-order chi connectivity index (χ0) is 13.2. The Hall–Kier alpha value is -1.17. The minimum atomic E-state index is -0.376. The Balaban J connectivity index is 2.41. The smallest absolute Gasteiger partial charge is 0.165 e. The Morgan fingerprint density at radius 3 is 2.83 bits per heavy atom. The second-order valence-corrected chi connectivity index (χ2v) is 3.86. The van der Waals surface area contributed by atoms with Crippen molar-refractivity contribution in [1.29, 1.82) is 0 Å². The van der Waals surface area contributed by atoms with Gasteiger partial charge in [0.15, 0.2) is 11.6 Å². The number of hydrogen-bond donors (Lipinski definition) is 2. The number of methoxy groups -OCH3 is 1. The highest BCUT2D eigenvalue weighted by Gasteiger charge is 2.04. The summed E-state index contributed by atoms with van der Waals surface area (Å²) in [4.78, 5) is 0. The standard InChI is InChI=1S/C13H20FNO3/c1-17-8-5-15-10-11-3-4-13(12(14)9-11)18-7-2-6-16/h3-4,9,15-16H,2,5-8,10H2,1H3. The van der Waals surface area contributed by atoms with Crippen LogP contribution in [0.5, 0.6) is 5.75 Å². The molecule has 0 aromatic heterocycles. The van der Waals surface area contributed by atoms with Crippen molar-refractivity contribution in [2.75, 3.05) is 33.5 Å². The van der Waals surface area contributed by atoms with Gasteiger partial charge in [0.1, 0.15) is 0 Å². The van der Waals surface area contributed by atoms with Crippen LogP contribution in [-0.2, 0) is 11.3 Å². The number of halogens is 1. The SMILES string of the molecule is COCCNCc1ccc(OCCCO)c(F)c1. The van der Waals surface area contributed by atoms with Crippen LogP contribution in [0.15, 0.2) is 18.2 Å². The first-order valence-electron chi connectivity index (χ1n) is 5.99. The maximum Gasteiger partial charge on any atom is 0.165 e. The zero-order valence-electron chi connectivity index (χ0n) is 10.6. The molecular weight excluding hydrogens is 237 g/mol. The Morgan fingerprint density at radius 2 is 2.17 bits per heavy atom. The van der Waals surface area contributed by atoms with Crippen molar-refractivity contribution < 1.29 is 19.0 Å². The second kappa shape index (κ2) is 8.85. The van der Waals surface area contributed by atoms with E-state index >= 15 is 0 Å². The summed E-state index contributed by atoms with van der Waals surface area (Å²) in [7, 11) is 1.64. The van der Waals surface area contributed by atoms with Gasteiger partial charge in [-0.25, -0.2) is 4.39 Å². The van der Waals surface area contributed by atoms with Gasteiger partial charge in [0, 0.05) is 33.2 Å². The molecule has 0 saturated carbocycles. The monoisotopic (exact) mass is 257 g/mol. The van der Waals surface area contributed by atoms with E-state index in [1.807, 2.05) is 6.07 Å². The summed E-state index contributed by atoms with van der Waals surface area (Å²) >= 11 is 0. The molecule has 0 aliphatic rings. The molecule has 0 spiro atoms. The molecule has 4 nitrogen and oxygen atoms in total. The van der Waals surface area contributed by atoms with Gasteiger partial charge in [-0.15, -0.1) is 0 Å². The highest BCUT2D eigenvalue weighted by Crippen LogP contribution is 2.18. The fourth-order valence-corrected chi connectivity index (χ4v) is 1.42. The molecule has 0 radical (unpaired) electrons. The molecular formula is C13H20FNO3. The lowest BCUT2D eigenvalue weighted by Crippen LogP contribution is -2.18. The summed E-state index contributed by atoms with van der Waals surface area (Å²) < 4.78 is 23.7. The lowest BCUT2D eigenvalue weighted by atomic mass is 10.2. The third-order valence-electron chi connectivity index (χ3n) is 2.37. The molecule has 0 aliphatic heterocycles. The van der Waals surface area contributed by atoms with Crippen molar-refractivity contribution in [3.63, 3.8) is 0 Å². The Labute approximate surface area is 107 Å². The molecule has 0 bridgehead atoms. The minimum Gasteiger partial charge on any atom is -0.490 e. The van der Waals surface area contributed by atoms with Crippen LogP contribution in [0.3, 0.4) is 0 Å². The van der Waals surface area contributed by atoms with Crippen LogP contribution >= 0.6 is 0 Å². The van der Waals surface area contributed by atoms with Gasteiger partial charge in [-0.1, -0.05) is 6.07 Å². The fraction of sp³-hybridized carbons (Fsp3) is 0.538. The van der Waals surface area contributed by atoms with Crippen LogP contribution in [0, 0.1) is 5.82 Å². The first kappa shape index (κ1) is 14.9. The molecule has 0 atom stereocenters. The minimum absolute atomic E-state index is 0.0448. The van der Waals surface area contributed by atoms with Crippen molar-refractivity contribution in [2.45, 2.75) is 13.0 Å². The molecule has 102 valence electrons. The van der Waals surface area contributed by atoms with E-state index in [1.54, 1.807) is 13.2 Å². The highest BCUT2D eigenvalue weighted by molar-refractivity contribution is 5.29. The number of nitrogens with one attached hydrogen (secondary N) is 1. The third kappa shape index (κ3) is 5.44. The maximum absolute atomic E-state index is 13.6. The predicted octanol–water partition coefficient (Wildman–Crippen LogP) is 1.32. The molecule has 1 aromatic rings. The van der Waals surface area contributed by atoms with Crippen LogP contribution in [0.1, 0.15) is 12.0 Å². The average Bonchev–Trinajstić information content (AvgIpc) is 2.37. The molecule has 0 unspecified atom stereocenters. The average molecular weight is 257 g/mol. The Bertz CT molecular complexity index is 347. The van der Waals surface area contributed by atoms with Gasteiger partial charge in [-0.3, -0.25) is 0 Å². The molecule has 0 aliphatic carbocycles. The normalized spacial score (nSPS) is 10.6. The quantitative estimate of drug-likeness (QED) is 0.655. The number of aliphatic hydroxyl groups excluding tert-OH is 1. The van der Waals surface area contributed by atoms with E-state index in [0.29, 0.717) is 26.2 Å². The number of ether oxygens (including phenoxy) is 2. The molecule has 1 rings (SSSR count). The summed E-state index contributed by atoms with van der Waals surface area (Å²) in [5.74, 6) is -0.150.